The summed E-state index contributed by atoms with van der Waals surface area (Å²) in [5.74, 6) is 2.43. The summed E-state index contributed by atoms with van der Waals surface area (Å²) in [6, 6.07) is 9.01. The Hall–Kier alpha value is -1.35. The summed E-state index contributed by atoms with van der Waals surface area (Å²) in [6.07, 6.45) is 9.90. The van der Waals surface area contributed by atoms with Crippen LogP contribution in [0.4, 0.5) is 0 Å². The minimum Gasteiger partial charge on any atom is -0.356 e. The van der Waals surface area contributed by atoms with E-state index in [4.69, 9.17) is 0 Å². The fraction of sp³-hybridized carbons (Fsp3) is 0.696. The van der Waals surface area contributed by atoms with Crippen molar-refractivity contribution in [3.8, 4) is 0 Å². The highest BCUT2D eigenvalue weighted by atomic mass is 16.1. The Balaban J connectivity index is 1.26. The van der Waals surface area contributed by atoms with Crippen LogP contribution in [0.1, 0.15) is 68.4 Å². The zero-order valence-corrected chi connectivity index (χ0v) is 15.9. The summed E-state index contributed by atoms with van der Waals surface area (Å²) in [7, 11) is 0. The molecule has 5 rings (SSSR count). The number of rotatable bonds is 6. The van der Waals surface area contributed by atoms with Crippen molar-refractivity contribution in [1.29, 1.82) is 0 Å². The van der Waals surface area contributed by atoms with Crippen molar-refractivity contribution in [2.45, 2.75) is 62.7 Å². The predicted octanol–water partition coefficient (Wildman–Crippen LogP) is 3.83. The van der Waals surface area contributed by atoms with Crippen molar-refractivity contribution in [3.63, 3.8) is 0 Å². The number of hydrogen-bond acceptors (Lipinski definition) is 2. The molecule has 1 aliphatic heterocycles. The van der Waals surface area contributed by atoms with Crippen LogP contribution in [0.3, 0.4) is 0 Å². The standard InChI is InChI=1S/C23H32N2O/c26-22(24-15-17-5-6-17)13-19-14-23(21-4-2-1-3-20(19)21)9-11-25(12-10-23)16-18-7-8-18/h1-4,17-19H,5-16H2,(H,24,26)/t19-/m1/s1. The highest BCUT2D eigenvalue weighted by molar-refractivity contribution is 5.77. The monoisotopic (exact) mass is 352 g/mol. The Morgan fingerprint density at radius 1 is 1.08 bits per heavy atom. The summed E-state index contributed by atoms with van der Waals surface area (Å²) in [4.78, 5) is 15.2. The predicted molar refractivity (Wildman–Crippen MR) is 104 cm³/mol. The molecule has 1 saturated heterocycles. The molecule has 26 heavy (non-hydrogen) atoms. The zero-order chi connectivity index (χ0) is 17.6. The lowest BCUT2D eigenvalue weighted by molar-refractivity contribution is -0.121. The van der Waals surface area contributed by atoms with Gasteiger partial charge in [0.25, 0.3) is 0 Å². The average molecular weight is 353 g/mol. The zero-order valence-electron chi connectivity index (χ0n) is 15.9. The molecule has 1 N–H and O–H groups in total. The molecule has 1 amide bonds. The number of carbonyl (C=O) groups excluding carboxylic acids is 1. The molecule has 3 heteroatoms. The second kappa shape index (κ2) is 6.67. The van der Waals surface area contributed by atoms with Crippen LogP contribution in [0.5, 0.6) is 0 Å². The molecule has 1 spiro atoms. The number of hydrogen-bond donors (Lipinski definition) is 1. The number of nitrogens with zero attached hydrogens (tertiary/aromatic N) is 1. The van der Waals surface area contributed by atoms with E-state index in [1.165, 1.54) is 70.1 Å². The van der Waals surface area contributed by atoms with E-state index < -0.39 is 0 Å². The van der Waals surface area contributed by atoms with Gasteiger partial charge >= 0.3 is 0 Å². The van der Waals surface area contributed by atoms with Crippen molar-refractivity contribution < 1.29 is 4.79 Å². The van der Waals surface area contributed by atoms with Crippen molar-refractivity contribution in [2.24, 2.45) is 11.8 Å². The molecule has 3 fully saturated rings. The Morgan fingerprint density at radius 3 is 2.54 bits per heavy atom. The Morgan fingerprint density at radius 2 is 1.81 bits per heavy atom. The number of fused-ring (bicyclic) bond motifs is 2. The number of carbonyl (C=O) groups is 1. The van der Waals surface area contributed by atoms with Crippen LogP contribution in [0.2, 0.25) is 0 Å². The third kappa shape index (κ3) is 3.43. The van der Waals surface area contributed by atoms with E-state index in [0.29, 0.717) is 17.8 Å². The van der Waals surface area contributed by atoms with Crippen molar-refractivity contribution in [3.05, 3.63) is 35.4 Å². The largest absolute Gasteiger partial charge is 0.356 e. The van der Waals surface area contributed by atoms with Crippen LogP contribution in [-0.4, -0.2) is 37.0 Å². The van der Waals surface area contributed by atoms with Gasteiger partial charge in [0.05, 0.1) is 0 Å². The van der Waals surface area contributed by atoms with Crippen LogP contribution in [0, 0.1) is 11.8 Å². The topological polar surface area (TPSA) is 32.3 Å². The van der Waals surface area contributed by atoms with E-state index in [9.17, 15) is 4.79 Å². The molecule has 2 saturated carbocycles. The van der Waals surface area contributed by atoms with Crippen molar-refractivity contribution in [2.75, 3.05) is 26.2 Å². The van der Waals surface area contributed by atoms with E-state index in [-0.39, 0.29) is 5.91 Å². The van der Waals surface area contributed by atoms with Gasteiger partial charge in [-0.15, -0.1) is 0 Å². The van der Waals surface area contributed by atoms with E-state index in [1.54, 1.807) is 5.56 Å². The number of amides is 1. The van der Waals surface area contributed by atoms with Crippen LogP contribution in [0.25, 0.3) is 0 Å². The first-order valence-corrected chi connectivity index (χ1v) is 10.8. The lowest BCUT2D eigenvalue weighted by Crippen LogP contribution is -2.42. The Bertz CT molecular complexity index is 669. The van der Waals surface area contributed by atoms with E-state index >= 15 is 0 Å². The highest BCUT2D eigenvalue weighted by Gasteiger charge is 2.45. The fourth-order valence-corrected chi connectivity index (χ4v) is 5.39. The molecule has 0 bridgehead atoms. The van der Waals surface area contributed by atoms with Gasteiger partial charge in [-0.1, -0.05) is 24.3 Å². The minimum atomic E-state index is 0.264. The molecular formula is C23H32N2O. The maximum Gasteiger partial charge on any atom is 0.220 e. The second-order valence-corrected chi connectivity index (χ2v) is 9.46. The van der Waals surface area contributed by atoms with Gasteiger partial charge in [-0.25, -0.2) is 0 Å². The molecule has 1 aromatic rings. The maximum atomic E-state index is 12.5. The maximum absolute atomic E-state index is 12.5. The molecule has 3 nitrogen and oxygen atoms in total. The number of piperidine rings is 1. The normalized spacial score (nSPS) is 27.5. The molecule has 0 radical (unpaired) electrons. The molecule has 1 atom stereocenters. The Kier molecular flexibility index (Phi) is 4.31. The molecule has 1 aromatic carbocycles. The Labute approximate surface area is 157 Å². The summed E-state index contributed by atoms with van der Waals surface area (Å²) in [6.45, 7) is 4.70. The fourth-order valence-electron chi connectivity index (χ4n) is 5.39. The number of nitrogens with one attached hydrogen (secondary N) is 1. The SMILES string of the molecule is O=C(C[C@@H]1CC2(CCN(CC3CC3)CC2)c2ccccc21)NCC1CC1. The van der Waals surface area contributed by atoms with Crippen LogP contribution in [-0.2, 0) is 10.2 Å². The summed E-state index contributed by atoms with van der Waals surface area (Å²) >= 11 is 0. The first-order valence-electron chi connectivity index (χ1n) is 10.8. The highest BCUT2D eigenvalue weighted by Crippen LogP contribution is 2.52. The molecular weight excluding hydrogens is 320 g/mol. The smallest absolute Gasteiger partial charge is 0.220 e. The lowest BCUT2D eigenvalue weighted by atomic mass is 9.73. The van der Waals surface area contributed by atoms with Gasteiger partial charge in [0.15, 0.2) is 0 Å². The van der Waals surface area contributed by atoms with Crippen LogP contribution in [0.15, 0.2) is 24.3 Å². The van der Waals surface area contributed by atoms with Gasteiger partial charge in [-0.3, -0.25) is 4.79 Å². The summed E-state index contributed by atoms with van der Waals surface area (Å²) in [5, 5.41) is 3.18. The number of likely N-dealkylation sites (tertiary alicyclic amines) is 1. The van der Waals surface area contributed by atoms with E-state index in [1.807, 2.05) is 0 Å². The molecule has 0 aromatic heterocycles. The van der Waals surface area contributed by atoms with E-state index in [2.05, 4.69) is 34.5 Å². The van der Waals surface area contributed by atoms with Gasteiger partial charge in [0, 0.05) is 19.5 Å². The minimum absolute atomic E-state index is 0.264. The quantitative estimate of drug-likeness (QED) is 0.844. The third-order valence-corrected chi connectivity index (χ3v) is 7.35. The van der Waals surface area contributed by atoms with Crippen molar-refractivity contribution in [1.82, 2.24) is 10.2 Å². The van der Waals surface area contributed by atoms with Crippen LogP contribution >= 0.6 is 0 Å². The lowest BCUT2D eigenvalue weighted by Gasteiger charge is -2.40. The number of benzene rings is 1. The van der Waals surface area contributed by atoms with Gasteiger partial charge in [-0.2, -0.15) is 0 Å². The van der Waals surface area contributed by atoms with Gasteiger partial charge in [0.2, 0.25) is 5.91 Å². The van der Waals surface area contributed by atoms with Gasteiger partial charge < -0.3 is 10.2 Å². The molecule has 3 aliphatic carbocycles. The second-order valence-electron chi connectivity index (χ2n) is 9.46. The third-order valence-electron chi connectivity index (χ3n) is 7.35. The van der Waals surface area contributed by atoms with Gasteiger partial charge in [-0.05, 0) is 92.3 Å². The summed E-state index contributed by atoms with van der Waals surface area (Å²) in [5.41, 5.74) is 3.36. The first-order chi connectivity index (χ1) is 12.7. The van der Waals surface area contributed by atoms with Crippen LogP contribution < -0.4 is 5.32 Å². The van der Waals surface area contributed by atoms with E-state index in [0.717, 1.165) is 18.4 Å². The molecule has 1 heterocycles. The van der Waals surface area contributed by atoms with Crippen molar-refractivity contribution >= 4 is 5.91 Å². The average Bonchev–Trinajstić information content (AvgIpc) is 3.57. The summed E-state index contributed by atoms with van der Waals surface area (Å²) < 4.78 is 0. The molecule has 4 aliphatic rings. The first kappa shape index (κ1) is 16.8. The molecule has 140 valence electrons. The van der Waals surface area contributed by atoms with Gasteiger partial charge in [0.1, 0.15) is 0 Å². The molecule has 0 unspecified atom stereocenters.